The molecule has 0 saturated heterocycles. The highest BCUT2D eigenvalue weighted by atomic mass is 79.9. The number of esters is 1. The second-order valence-corrected chi connectivity index (χ2v) is 7.39. The van der Waals surface area contributed by atoms with E-state index in [0.29, 0.717) is 5.56 Å². The molecule has 0 atom stereocenters. The first-order valence-electron chi connectivity index (χ1n) is 9.80. The van der Waals surface area contributed by atoms with E-state index in [1.165, 1.54) is 38.5 Å². The molecule has 1 saturated carbocycles. The van der Waals surface area contributed by atoms with Gasteiger partial charge in [-0.15, -0.1) is 0 Å². The first-order chi connectivity index (χ1) is 14.6. The van der Waals surface area contributed by atoms with Crippen LogP contribution in [0.1, 0.15) is 51.8 Å². The van der Waals surface area contributed by atoms with Crippen molar-refractivity contribution in [1.82, 2.24) is 4.98 Å². The summed E-state index contributed by atoms with van der Waals surface area (Å²) in [7, 11) is 1.47. The van der Waals surface area contributed by atoms with E-state index in [0.717, 1.165) is 23.6 Å². The summed E-state index contributed by atoms with van der Waals surface area (Å²) in [5, 5.41) is 0. The Morgan fingerprint density at radius 2 is 1.61 bits per heavy atom. The molecule has 3 rings (SSSR count). The summed E-state index contributed by atoms with van der Waals surface area (Å²) in [4.78, 5) is 14.1. The van der Waals surface area contributed by atoms with E-state index < -0.39 is 18.0 Å². The fourth-order valence-electron chi connectivity index (χ4n) is 2.80. The molecule has 0 amide bonds. The molecule has 1 fully saturated rings. The number of hydrogen-bond donors (Lipinski definition) is 0. The molecule has 0 bridgehead atoms. The van der Waals surface area contributed by atoms with Crippen molar-refractivity contribution < 1.29 is 35.9 Å². The van der Waals surface area contributed by atoms with Gasteiger partial charge in [-0.3, -0.25) is 4.79 Å². The lowest BCUT2D eigenvalue weighted by atomic mass is 9.89. The van der Waals surface area contributed by atoms with Crippen molar-refractivity contribution in [3.8, 4) is 11.3 Å². The average Bonchev–Trinajstić information content (AvgIpc) is 3.26. The van der Waals surface area contributed by atoms with Gasteiger partial charge in [0.1, 0.15) is 12.0 Å². The van der Waals surface area contributed by atoms with Gasteiger partial charge in [-0.1, -0.05) is 61.2 Å². The maximum atomic E-state index is 13.0. The maximum absolute atomic E-state index is 13.0. The monoisotopic (exact) mass is 513 g/mol. The zero-order valence-corrected chi connectivity index (χ0v) is 19.0. The number of aromatic nitrogens is 1. The van der Waals surface area contributed by atoms with Gasteiger partial charge in [0.05, 0.1) is 13.0 Å². The zero-order valence-electron chi connectivity index (χ0n) is 17.4. The van der Waals surface area contributed by atoms with E-state index in [-0.39, 0.29) is 17.6 Å². The van der Waals surface area contributed by atoms with Crippen LogP contribution in [0.3, 0.4) is 0 Å². The van der Waals surface area contributed by atoms with E-state index in [1.54, 1.807) is 12.1 Å². The minimum Gasteiger partial charge on any atom is -0.469 e. The zero-order chi connectivity index (χ0) is 23.7. The van der Waals surface area contributed by atoms with Crippen LogP contribution in [0.4, 0.5) is 22.0 Å². The van der Waals surface area contributed by atoms with Gasteiger partial charge in [0.2, 0.25) is 0 Å². The quantitative estimate of drug-likeness (QED) is 0.314. The molecule has 1 aromatic carbocycles. The SMILES string of the molecule is CC.COC(=O)C1CCCCC1.FC(F)(F)C(F)(F)c1nc(-c2ccc(Br)cc2)co1. The Hall–Kier alpha value is -1.97. The number of carbonyl (C=O) groups is 1. The van der Waals surface area contributed by atoms with Gasteiger partial charge < -0.3 is 9.15 Å². The summed E-state index contributed by atoms with van der Waals surface area (Å²) in [5.41, 5.74) is 0.280. The lowest BCUT2D eigenvalue weighted by Crippen LogP contribution is -2.33. The van der Waals surface area contributed by atoms with Crippen LogP contribution in [0.2, 0.25) is 0 Å². The summed E-state index contributed by atoms with van der Waals surface area (Å²) in [6.07, 6.45) is 0.763. The summed E-state index contributed by atoms with van der Waals surface area (Å²) in [5.74, 6) is -6.59. The molecule has 0 radical (unpaired) electrons. The topological polar surface area (TPSA) is 52.3 Å². The Morgan fingerprint density at radius 3 is 2.10 bits per heavy atom. The van der Waals surface area contributed by atoms with E-state index in [4.69, 9.17) is 0 Å². The van der Waals surface area contributed by atoms with Crippen LogP contribution in [0.25, 0.3) is 11.3 Å². The molecule has 0 N–H and O–H groups in total. The van der Waals surface area contributed by atoms with Crippen molar-refractivity contribution in [2.75, 3.05) is 7.11 Å². The van der Waals surface area contributed by atoms with Gasteiger partial charge in [-0.25, -0.2) is 4.98 Å². The maximum Gasteiger partial charge on any atom is 0.463 e. The average molecular weight is 514 g/mol. The molecule has 4 nitrogen and oxygen atoms in total. The Labute approximate surface area is 186 Å². The highest BCUT2D eigenvalue weighted by Crippen LogP contribution is 2.43. The number of carbonyl (C=O) groups excluding carboxylic acids is 1. The molecule has 1 heterocycles. The van der Waals surface area contributed by atoms with Crippen molar-refractivity contribution in [3.05, 3.63) is 40.9 Å². The van der Waals surface area contributed by atoms with Crippen LogP contribution in [0, 0.1) is 5.92 Å². The van der Waals surface area contributed by atoms with Gasteiger partial charge in [0, 0.05) is 10.0 Å². The number of hydrogen-bond acceptors (Lipinski definition) is 4. The summed E-state index contributed by atoms with van der Waals surface area (Å²) < 4.78 is 72.0. The van der Waals surface area contributed by atoms with Crippen LogP contribution in [-0.2, 0) is 15.5 Å². The molecule has 1 aromatic heterocycles. The lowest BCUT2D eigenvalue weighted by molar-refractivity contribution is -0.297. The van der Waals surface area contributed by atoms with Gasteiger partial charge in [-0.2, -0.15) is 22.0 Å². The molecule has 10 heteroatoms. The van der Waals surface area contributed by atoms with E-state index in [1.807, 2.05) is 13.8 Å². The molecule has 0 spiro atoms. The number of benzene rings is 1. The van der Waals surface area contributed by atoms with Gasteiger partial charge in [0.25, 0.3) is 5.89 Å². The van der Waals surface area contributed by atoms with Crippen molar-refractivity contribution in [2.45, 2.75) is 58.1 Å². The third kappa shape index (κ3) is 7.59. The normalized spacial score (nSPS) is 14.6. The number of alkyl halides is 5. The molecule has 0 aliphatic heterocycles. The van der Waals surface area contributed by atoms with Crippen molar-refractivity contribution >= 4 is 21.9 Å². The van der Waals surface area contributed by atoms with Crippen molar-refractivity contribution in [2.24, 2.45) is 5.92 Å². The Balaban J connectivity index is 0.000000337. The molecule has 1 aliphatic rings. The number of ether oxygens (including phenoxy) is 1. The standard InChI is InChI=1S/C11H5BrF5NO.C8H14O2.C2H6/c12-7-3-1-6(2-4-7)8-5-19-9(18-8)10(13,14)11(15,16)17;1-10-8(9)7-5-3-2-4-6-7;1-2/h1-5H;7H,2-6H2,1H3;1-2H3. The number of methoxy groups -OCH3 is 1. The van der Waals surface area contributed by atoms with Crippen molar-refractivity contribution in [3.63, 3.8) is 0 Å². The van der Waals surface area contributed by atoms with Crippen LogP contribution in [-0.4, -0.2) is 24.2 Å². The Bertz CT molecular complexity index is 800. The Kier molecular flexibility index (Phi) is 10.6. The third-order valence-electron chi connectivity index (χ3n) is 4.41. The number of rotatable bonds is 3. The number of halogens is 6. The fourth-order valence-corrected chi connectivity index (χ4v) is 3.06. The van der Waals surface area contributed by atoms with Crippen LogP contribution in [0.15, 0.2) is 39.4 Å². The number of nitrogens with zero attached hydrogens (tertiary/aromatic N) is 1. The first kappa shape index (κ1) is 27.1. The number of oxazole rings is 1. The minimum atomic E-state index is -5.74. The molecule has 0 unspecified atom stereocenters. The van der Waals surface area contributed by atoms with Gasteiger partial charge >= 0.3 is 18.1 Å². The fraction of sp³-hybridized carbons (Fsp3) is 0.524. The predicted molar refractivity (Wildman–Crippen MR) is 110 cm³/mol. The molecular weight excluding hydrogens is 489 g/mol. The first-order valence-corrected chi connectivity index (χ1v) is 10.6. The second-order valence-electron chi connectivity index (χ2n) is 6.48. The van der Waals surface area contributed by atoms with E-state index in [9.17, 15) is 26.7 Å². The van der Waals surface area contributed by atoms with Gasteiger partial charge in [0.15, 0.2) is 0 Å². The van der Waals surface area contributed by atoms with E-state index >= 15 is 0 Å². The van der Waals surface area contributed by atoms with Gasteiger partial charge in [-0.05, 0) is 25.0 Å². The molecule has 31 heavy (non-hydrogen) atoms. The lowest BCUT2D eigenvalue weighted by Gasteiger charge is -2.18. The van der Waals surface area contributed by atoms with Crippen molar-refractivity contribution in [1.29, 1.82) is 0 Å². The largest absolute Gasteiger partial charge is 0.469 e. The minimum absolute atomic E-state index is 0.0142. The third-order valence-corrected chi connectivity index (χ3v) is 4.94. The van der Waals surface area contributed by atoms with Crippen LogP contribution >= 0.6 is 15.9 Å². The summed E-state index contributed by atoms with van der Waals surface area (Å²) in [6.45, 7) is 4.00. The molecule has 174 valence electrons. The molecular formula is C21H25BrF5NO3. The highest BCUT2D eigenvalue weighted by Gasteiger charge is 2.62. The summed E-state index contributed by atoms with van der Waals surface area (Å²) in [6, 6.07) is 6.23. The smallest absolute Gasteiger partial charge is 0.463 e. The molecule has 1 aliphatic carbocycles. The predicted octanol–water partition coefficient (Wildman–Crippen LogP) is 7.52. The second kappa shape index (κ2) is 12.2. The molecule has 2 aromatic rings. The van der Waals surface area contributed by atoms with E-state index in [2.05, 4.69) is 30.1 Å². The summed E-state index contributed by atoms with van der Waals surface area (Å²) >= 11 is 3.17. The van der Waals surface area contributed by atoms with Crippen LogP contribution in [0.5, 0.6) is 0 Å². The Morgan fingerprint density at radius 1 is 1.06 bits per heavy atom. The highest BCUT2D eigenvalue weighted by molar-refractivity contribution is 9.10. The van der Waals surface area contributed by atoms with Crippen LogP contribution < -0.4 is 0 Å².